The molecule has 110 valence electrons. The summed E-state index contributed by atoms with van der Waals surface area (Å²) in [5.74, 6) is 0. The molecule has 1 heterocycles. The van der Waals surface area contributed by atoms with Crippen LogP contribution in [-0.4, -0.2) is 30.0 Å². The number of nitrogens with zero attached hydrogens (tertiary/aromatic N) is 2. The standard InChI is InChI=1S/C14H26ClN3O/c1-6-14(3,4)13(16-7-2)12-11(15)10-17-18(12)8-9-19-5/h10,13,16H,6-9H2,1-5H3. The quantitative estimate of drug-likeness (QED) is 0.797. The topological polar surface area (TPSA) is 39.1 Å². The van der Waals surface area contributed by atoms with E-state index < -0.39 is 0 Å². The lowest BCUT2D eigenvalue weighted by Crippen LogP contribution is -2.36. The number of nitrogens with one attached hydrogen (secondary N) is 1. The van der Waals surface area contributed by atoms with Crippen LogP contribution in [0, 0.1) is 5.41 Å². The fourth-order valence-electron chi connectivity index (χ4n) is 2.17. The molecule has 0 aliphatic heterocycles. The van der Waals surface area contributed by atoms with Gasteiger partial charge in [0.05, 0.1) is 36.1 Å². The van der Waals surface area contributed by atoms with Gasteiger partial charge < -0.3 is 10.1 Å². The van der Waals surface area contributed by atoms with Crippen LogP contribution in [0.3, 0.4) is 0 Å². The van der Waals surface area contributed by atoms with Crippen LogP contribution in [0.2, 0.25) is 5.02 Å². The zero-order chi connectivity index (χ0) is 14.5. The maximum atomic E-state index is 6.35. The van der Waals surface area contributed by atoms with Gasteiger partial charge in [-0.15, -0.1) is 0 Å². The Morgan fingerprint density at radius 2 is 2.16 bits per heavy atom. The number of methoxy groups -OCH3 is 1. The molecule has 1 atom stereocenters. The molecule has 0 bridgehead atoms. The summed E-state index contributed by atoms with van der Waals surface area (Å²) in [7, 11) is 1.70. The van der Waals surface area contributed by atoms with E-state index in [0.717, 1.165) is 30.2 Å². The molecule has 0 aliphatic carbocycles. The Kier molecular flexibility index (Phi) is 6.30. The summed E-state index contributed by atoms with van der Waals surface area (Å²) in [5, 5.41) is 8.64. The predicted molar refractivity (Wildman–Crippen MR) is 79.6 cm³/mol. The summed E-state index contributed by atoms with van der Waals surface area (Å²) in [4.78, 5) is 0. The molecule has 1 aromatic heterocycles. The maximum absolute atomic E-state index is 6.35. The molecule has 1 aromatic rings. The molecular formula is C14H26ClN3O. The van der Waals surface area contributed by atoms with Gasteiger partial charge in [0.2, 0.25) is 0 Å². The van der Waals surface area contributed by atoms with Crippen LogP contribution in [0.5, 0.6) is 0 Å². The average molecular weight is 288 g/mol. The molecule has 0 aliphatic rings. The van der Waals surface area contributed by atoms with Gasteiger partial charge in [0.15, 0.2) is 0 Å². The minimum atomic E-state index is 0.116. The van der Waals surface area contributed by atoms with E-state index in [0.29, 0.717) is 6.61 Å². The zero-order valence-corrected chi connectivity index (χ0v) is 13.4. The van der Waals surface area contributed by atoms with Gasteiger partial charge in [-0.1, -0.05) is 39.3 Å². The van der Waals surface area contributed by atoms with Gasteiger partial charge in [-0.05, 0) is 18.4 Å². The lowest BCUT2D eigenvalue weighted by molar-refractivity contribution is 0.175. The first-order valence-electron chi connectivity index (χ1n) is 6.91. The number of halogens is 1. The number of rotatable bonds is 8. The first kappa shape index (κ1) is 16.5. The van der Waals surface area contributed by atoms with Crippen molar-refractivity contribution in [1.29, 1.82) is 0 Å². The van der Waals surface area contributed by atoms with Crippen molar-refractivity contribution in [1.82, 2.24) is 15.1 Å². The lowest BCUT2D eigenvalue weighted by Gasteiger charge is -2.34. The molecule has 0 saturated heterocycles. The van der Waals surface area contributed by atoms with E-state index in [9.17, 15) is 0 Å². The van der Waals surface area contributed by atoms with Crippen LogP contribution < -0.4 is 5.32 Å². The monoisotopic (exact) mass is 287 g/mol. The Labute approximate surface area is 121 Å². The molecule has 5 heteroatoms. The van der Waals surface area contributed by atoms with Crippen molar-refractivity contribution in [2.45, 2.75) is 46.7 Å². The summed E-state index contributed by atoms with van der Waals surface area (Å²) in [6.45, 7) is 11.1. The molecule has 0 amide bonds. The molecule has 1 rings (SSSR count). The normalized spacial score (nSPS) is 13.8. The van der Waals surface area contributed by atoms with Crippen molar-refractivity contribution >= 4 is 11.6 Å². The molecule has 4 nitrogen and oxygen atoms in total. The van der Waals surface area contributed by atoms with Crippen molar-refractivity contribution in [3.05, 3.63) is 16.9 Å². The molecule has 1 unspecified atom stereocenters. The maximum Gasteiger partial charge on any atom is 0.0834 e. The number of aromatic nitrogens is 2. The van der Waals surface area contributed by atoms with E-state index in [2.05, 4.69) is 38.1 Å². The second-order valence-corrected chi connectivity index (χ2v) is 5.83. The van der Waals surface area contributed by atoms with Crippen LogP contribution >= 0.6 is 11.6 Å². The third-order valence-electron chi connectivity index (χ3n) is 3.71. The third kappa shape index (κ3) is 3.94. The van der Waals surface area contributed by atoms with E-state index in [1.165, 1.54) is 0 Å². The highest BCUT2D eigenvalue weighted by Gasteiger charge is 2.32. The van der Waals surface area contributed by atoms with Crippen LogP contribution in [0.4, 0.5) is 0 Å². The van der Waals surface area contributed by atoms with E-state index in [4.69, 9.17) is 16.3 Å². The highest BCUT2D eigenvalue weighted by atomic mass is 35.5. The second-order valence-electron chi connectivity index (χ2n) is 5.43. The predicted octanol–water partition coefficient (Wildman–Crippen LogP) is 3.27. The number of hydrogen-bond acceptors (Lipinski definition) is 3. The Morgan fingerprint density at radius 1 is 1.47 bits per heavy atom. The minimum Gasteiger partial charge on any atom is -0.383 e. The number of ether oxygens (including phenoxy) is 1. The Hall–Kier alpha value is -0.580. The van der Waals surface area contributed by atoms with Crippen molar-refractivity contribution in [2.24, 2.45) is 5.41 Å². The highest BCUT2D eigenvalue weighted by Crippen LogP contribution is 2.38. The van der Waals surface area contributed by atoms with Gasteiger partial charge in [-0.2, -0.15) is 5.10 Å². The molecule has 1 N–H and O–H groups in total. The molecule has 0 fully saturated rings. The second kappa shape index (κ2) is 7.27. The van der Waals surface area contributed by atoms with Crippen LogP contribution in [0.25, 0.3) is 0 Å². The summed E-state index contributed by atoms with van der Waals surface area (Å²) in [6.07, 6.45) is 2.79. The van der Waals surface area contributed by atoms with Crippen molar-refractivity contribution in [2.75, 3.05) is 20.3 Å². The fraction of sp³-hybridized carbons (Fsp3) is 0.786. The van der Waals surface area contributed by atoms with Crippen molar-refractivity contribution < 1.29 is 4.74 Å². The Bertz CT molecular complexity index is 390. The van der Waals surface area contributed by atoms with Crippen LogP contribution in [0.15, 0.2) is 6.20 Å². The molecule has 0 saturated carbocycles. The first-order valence-corrected chi connectivity index (χ1v) is 7.29. The lowest BCUT2D eigenvalue weighted by atomic mass is 9.80. The van der Waals surface area contributed by atoms with Gasteiger partial charge >= 0.3 is 0 Å². The largest absolute Gasteiger partial charge is 0.383 e. The van der Waals surface area contributed by atoms with Crippen molar-refractivity contribution in [3.63, 3.8) is 0 Å². The Morgan fingerprint density at radius 3 is 2.68 bits per heavy atom. The summed E-state index contributed by atoms with van der Waals surface area (Å²) >= 11 is 6.35. The fourth-order valence-corrected chi connectivity index (χ4v) is 2.42. The van der Waals surface area contributed by atoms with Gasteiger partial charge in [0.1, 0.15) is 0 Å². The molecular weight excluding hydrogens is 262 g/mol. The molecule has 19 heavy (non-hydrogen) atoms. The van der Waals surface area contributed by atoms with Gasteiger partial charge in [-0.3, -0.25) is 4.68 Å². The van der Waals surface area contributed by atoms with Crippen LogP contribution in [-0.2, 0) is 11.3 Å². The zero-order valence-electron chi connectivity index (χ0n) is 12.7. The summed E-state index contributed by atoms with van der Waals surface area (Å²) in [5.41, 5.74) is 1.18. The first-order chi connectivity index (χ1) is 8.97. The van der Waals surface area contributed by atoms with Gasteiger partial charge in [0, 0.05) is 7.11 Å². The minimum absolute atomic E-state index is 0.116. The van der Waals surface area contributed by atoms with Crippen molar-refractivity contribution in [3.8, 4) is 0 Å². The van der Waals surface area contributed by atoms with Crippen LogP contribution in [0.1, 0.15) is 45.9 Å². The van der Waals surface area contributed by atoms with E-state index in [1.807, 2.05) is 4.68 Å². The molecule has 0 spiro atoms. The smallest absolute Gasteiger partial charge is 0.0834 e. The molecule has 0 aromatic carbocycles. The average Bonchev–Trinajstić information content (AvgIpc) is 2.74. The summed E-state index contributed by atoms with van der Waals surface area (Å²) < 4.78 is 7.09. The SMILES string of the molecule is CCNC(c1c(Cl)cnn1CCOC)C(C)(C)CC. The van der Waals surface area contributed by atoms with E-state index in [1.54, 1.807) is 13.3 Å². The van der Waals surface area contributed by atoms with E-state index in [-0.39, 0.29) is 11.5 Å². The molecule has 0 radical (unpaired) electrons. The number of hydrogen-bond donors (Lipinski definition) is 1. The highest BCUT2D eigenvalue weighted by molar-refractivity contribution is 6.31. The summed E-state index contributed by atoms with van der Waals surface area (Å²) in [6, 6.07) is 0.189. The van der Waals surface area contributed by atoms with E-state index >= 15 is 0 Å². The van der Waals surface area contributed by atoms with Gasteiger partial charge in [0.25, 0.3) is 0 Å². The van der Waals surface area contributed by atoms with Gasteiger partial charge in [-0.25, -0.2) is 0 Å². The third-order valence-corrected chi connectivity index (χ3v) is 4.01. The Balaban J connectivity index is 3.10.